The zero-order valence-corrected chi connectivity index (χ0v) is 12.1. The van der Waals surface area contributed by atoms with E-state index in [0.717, 1.165) is 12.8 Å². The number of aliphatic hydroxyl groups is 1. The van der Waals surface area contributed by atoms with Crippen molar-refractivity contribution in [2.45, 2.75) is 38.3 Å². The van der Waals surface area contributed by atoms with Crippen molar-refractivity contribution in [3.63, 3.8) is 0 Å². The Morgan fingerprint density at radius 1 is 1.48 bits per heavy atom. The van der Waals surface area contributed by atoms with E-state index in [1.165, 1.54) is 4.57 Å². The molecule has 0 bridgehead atoms. The molecule has 2 aromatic heterocycles. The number of hydrogen-bond donors (Lipinski definition) is 2. The summed E-state index contributed by atoms with van der Waals surface area (Å²) >= 11 is 0. The van der Waals surface area contributed by atoms with Crippen LogP contribution < -0.4 is 11.2 Å². The predicted octanol–water partition coefficient (Wildman–Crippen LogP) is -0.0222. The molecule has 0 fully saturated rings. The normalized spacial score (nSPS) is 14.0. The zero-order chi connectivity index (χ0) is 15.6. The van der Waals surface area contributed by atoms with Gasteiger partial charge in [-0.1, -0.05) is 5.92 Å². The van der Waals surface area contributed by atoms with Gasteiger partial charge in [0, 0.05) is 13.6 Å². The molecule has 0 saturated carbocycles. The number of aromatic amines is 1. The lowest BCUT2D eigenvalue weighted by Gasteiger charge is -2.15. The first-order valence-electron chi connectivity index (χ1n) is 6.70. The Morgan fingerprint density at radius 2 is 2.19 bits per heavy atom. The van der Waals surface area contributed by atoms with Crippen molar-refractivity contribution in [2.24, 2.45) is 7.05 Å². The highest BCUT2D eigenvalue weighted by Gasteiger charge is 2.16. The van der Waals surface area contributed by atoms with Crippen LogP contribution in [0.5, 0.6) is 0 Å². The predicted molar refractivity (Wildman–Crippen MR) is 78.9 cm³/mol. The summed E-state index contributed by atoms with van der Waals surface area (Å²) in [6.45, 7) is 2.17. The summed E-state index contributed by atoms with van der Waals surface area (Å²) in [6.07, 6.45) is 8.71. The Labute approximate surface area is 121 Å². The van der Waals surface area contributed by atoms with Gasteiger partial charge in [0.05, 0.1) is 6.33 Å². The third-order valence-electron chi connectivity index (χ3n) is 3.50. The van der Waals surface area contributed by atoms with Crippen LogP contribution in [0.3, 0.4) is 0 Å². The average Bonchev–Trinajstić information content (AvgIpc) is 2.86. The fourth-order valence-electron chi connectivity index (χ4n) is 2.18. The van der Waals surface area contributed by atoms with E-state index in [9.17, 15) is 14.7 Å². The van der Waals surface area contributed by atoms with Gasteiger partial charge in [-0.15, -0.1) is 6.42 Å². The molecule has 0 aliphatic rings. The van der Waals surface area contributed by atoms with E-state index in [4.69, 9.17) is 6.42 Å². The molecule has 0 aliphatic heterocycles. The first kappa shape index (κ1) is 15.1. The molecule has 0 amide bonds. The third kappa shape index (κ3) is 3.06. The lowest BCUT2D eigenvalue weighted by atomic mass is 10.0. The van der Waals surface area contributed by atoms with Crippen LogP contribution in [0, 0.1) is 12.3 Å². The summed E-state index contributed by atoms with van der Waals surface area (Å²) in [5.74, 6) is 2.33. The van der Waals surface area contributed by atoms with E-state index < -0.39 is 16.9 Å². The molecule has 0 spiro atoms. The van der Waals surface area contributed by atoms with Gasteiger partial charge in [-0.3, -0.25) is 14.3 Å². The molecule has 1 atom stereocenters. The number of H-pyrrole nitrogens is 1. The summed E-state index contributed by atoms with van der Waals surface area (Å²) in [4.78, 5) is 29.7. The zero-order valence-electron chi connectivity index (χ0n) is 12.1. The topological polar surface area (TPSA) is 92.9 Å². The van der Waals surface area contributed by atoms with Gasteiger partial charge in [-0.25, -0.2) is 9.78 Å². The number of unbranched alkanes of at least 4 members (excludes halogenated alkanes) is 1. The summed E-state index contributed by atoms with van der Waals surface area (Å²) in [5, 5.41) is 9.71. The molecule has 2 rings (SSSR count). The van der Waals surface area contributed by atoms with Crippen LogP contribution in [-0.4, -0.2) is 29.8 Å². The van der Waals surface area contributed by atoms with Gasteiger partial charge in [-0.05, 0) is 26.2 Å². The van der Waals surface area contributed by atoms with Crippen molar-refractivity contribution in [3.8, 4) is 12.3 Å². The van der Waals surface area contributed by atoms with Crippen LogP contribution in [0.25, 0.3) is 11.2 Å². The number of nitrogens with zero attached hydrogens (tertiary/aromatic N) is 3. The Kier molecular flexibility index (Phi) is 4.00. The summed E-state index contributed by atoms with van der Waals surface area (Å²) in [5.41, 5.74) is -1.29. The van der Waals surface area contributed by atoms with E-state index in [2.05, 4.69) is 15.9 Å². The number of rotatable bonds is 5. The number of aryl methyl sites for hydroxylation is 2. The first-order chi connectivity index (χ1) is 9.85. The molecule has 21 heavy (non-hydrogen) atoms. The lowest BCUT2D eigenvalue weighted by Crippen LogP contribution is -2.29. The van der Waals surface area contributed by atoms with E-state index in [1.807, 2.05) is 0 Å². The second-order valence-corrected chi connectivity index (χ2v) is 5.30. The minimum atomic E-state index is -1.10. The maximum atomic E-state index is 11.9. The second-order valence-electron chi connectivity index (χ2n) is 5.30. The van der Waals surface area contributed by atoms with Crippen molar-refractivity contribution in [3.05, 3.63) is 27.2 Å². The van der Waals surface area contributed by atoms with Crippen molar-refractivity contribution in [1.29, 1.82) is 0 Å². The highest BCUT2D eigenvalue weighted by molar-refractivity contribution is 5.69. The highest BCUT2D eigenvalue weighted by Crippen LogP contribution is 2.13. The smallest absolute Gasteiger partial charge is 0.329 e. The molecule has 0 saturated heterocycles. The minimum Gasteiger partial charge on any atom is -0.378 e. The minimum absolute atomic E-state index is 0.361. The first-order valence-corrected chi connectivity index (χ1v) is 6.70. The molecule has 0 aromatic carbocycles. The maximum Gasteiger partial charge on any atom is 0.329 e. The Hall–Kier alpha value is -2.33. The number of nitrogens with one attached hydrogen (secondary N) is 1. The Balaban J connectivity index is 2.15. The molecule has 112 valence electrons. The van der Waals surface area contributed by atoms with Crippen LogP contribution in [0.15, 0.2) is 15.9 Å². The maximum absolute atomic E-state index is 11.9. The van der Waals surface area contributed by atoms with Crippen molar-refractivity contribution < 1.29 is 5.11 Å². The van der Waals surface area contributed by atoms with Crippen LogP contribution >= 0.6 is 0 Å². The van der Waals surface area contributed by atoms with Gasteiger partial charge in [0.25, 0.3) is 5.56 Å². The lowest BCUT2D eigenvalue weighted by molar-refractivity contribution is 0.109. The van der Waals surface area contributed by atoms with Crippen LogP contribution in [0.1, 0.15) is 26.2 Å². The van der Waals surface area contributed by atoms with Gasteiger partial charge < -0.3 is 9.67 Å². The molecule has 0 aliphatic carbocycles. The van der Waals surface area contributed by atoms with E-state index >= 15 is 0 Å². The van der Waals surface area contributed by atoms with Gasteiger partial charge >= 0.3 is 5.69 Å². The van der Waals surface area contributed by atoms with Crippen LogP contribution in [0.4, 0.5) is 0 Å². The van der Waals surface area contributed by atoms with Gasteiger partial charge in [0.2, 0.25) is 0 Å². The number of fused-ring (bicyclic) bond motifs is 1. The fourth-order valence-corrected chi connectivity index (χ4v) is 2.18. The van der Waals surface area contributed by atoms with Gasteiger partial charge in [-0.2, -0.15) is 0 Å². The number of imidazole rings is 1. The van der Waals surface area contributed by atoms with Gasteiger partial charge in [0.1, 0.15) is 5.60 Å². The molecule has 7 heteroatoms. The van der Waals surface area contributed by atoms with E-state index in [-0.39, 0.29) is 0 Å². The van der Waals surface area contributed by atoms with Crippen molar-refractivity contribution in [1.82, 2.24) is 19.1 Å². The highest BCUT2D eigenvalue weighted by atomic mass is 16.3. The summed E-state index contributed by atoms with van der Waals surface area (Å²) in [6, 6.07) is 0. The average molecular weight is 290 g/mol. The molecular weight excluding hydrogens is 272 g/mol. The molecule has 0 radical (unpaired) electrons. The number of hydrogen-bond acceptors (Lipinski definition) is 4. The molecule has 2 heterocycles. The van der Waals surface area contributed by atoms with Crippen molar-refractivity contribution >= 4 is 11.2 Å². The number of aromatic nitrogens is 4. The molecule has 2 N–H and O–H groups in total. The number of terminal acetylenes is 1. The quantitative estimate of drug-likeness (QED) is 0.598. The van der Waals surface area contributed by atoms with Gasteiger partial charge in [0.15, 0.2) is 11.2 Å². The SMILES string of the molecule is C#CC(C)(O)CCCCn1cnc2c1c(=O)[nH]c(=O)n2C. The van der Waals surface area contributed by atoms with Crippen LogP contribution in [-0.2, 0) is 13.6 Å². The van der Waals surface area contributed by atoms with E-state index in [0.29, 0.717) is 24.1 Å². The molecule has 7 nitrogen and oxygen atoms in total. The molecule has 1 unspecified atom stereocenters. The largest absolute Gasteiger partial charge is 0.378 e. The molecular formula is C14H18N4O3. The monoisotopic (exact) mass is 290 g/mol. The fraction of sp³-hybridized carbons (Fsp3) is 0.500. The van der Waals surface area contributed by atoms with E-state index in [1.54, 1.807) is 24.9 Å². The second kappa shape index (κ2) is 5.58. The Bertz CT molecular complexity index is 804. The summed E-state index contributed by atoms with van der Waals surface area (Å²) < 4.78 is 3.01. The van der Waals surface area contributed by atoms with Crippen molar-refractivity contribution in [2.75, 3.05) is 0 Å². The summed E-state index contributed by atoms with van der Waals surface area (Å²) in [7, 11) is 1.56. The standard InChI is InChI=1S/C14H18N4O3/c1-4-14(2,21)7-5-6-8-18-9-15-11-10(18)12(19)16-13(20)17(11)3/h1,9,21H,5-8H2,2-3H3,(H,16,19,20). The Morgan fingerprint density at radius 3 is 2.86 bits per heavy atom. The molecule has 2 aromatic rings. The third-order valence-corrected chi connectivity index (χ3v) is 3.50. The van der Waals surface area contributed by atoms with Crippen LogP contribution in [0.2, 0.25) is 0 Å².